The summed E-state index contributed by atoms with van der Waals surface area (Å²) in [7, 11) is -3.59. The van der Waals surface area contributed by atoms with E-state index in [0.29, 0.717) is 0 Å². The molecule has 0 aliphatic heterocycles. The van der Waals surface area contributed by atoms with Crippen LogP contribution in [0.4, 0.5) is 0 Å². The van der Waals surface area contributed by atoms with Crippen LogP contribution < -0.4 is 0 Å². The molecule has 19 heavy (non-hydrogen) atoms. The van der Waals surface area contributed by atoms with Gasteiger partial charge in [0.25, 0.3) is 0 Å². The number of hydrogen-bond acceptors (Lipinski definition) is 3. The third-order valence-corrected chi connectivity index (χ3v) is 4.53. The summed E-state index contributed by atoms with van der Waals surface area (Å²) in [4.78, 5) is 11.0. The van der Waals surface area contributed by atoms with Crippen LogP contribution >= 0.6 is 0 Å². The molecule has 0 heterocycles. The minimum absolute atomic E-state index is 0.0582. The normalized spacial score (nSPS) is 11.2. The Kier molecular flexibility index (Phi) is 3.40. The summed E-state index contributed by atoms with van der Waals surface area (Å²) in [6.07, 6.45) is 0. The highest BCUT2D eigenvalue weighted by atomic mass is 32.2. The van der Waals surface area contributed by atoms with E-state index >= 15 is 0 Å². The standard InChI is InChI=1S/C14H12O4S/c1-10-2-6-12(7-3-10)19(17,18)13-8-4-11(5-9-13)14(15)16/h2-9H,1H3,(H,15,16). The summed E-state index contributed by atoms with van der Waals surface area (Å²) in [5, 5.41) is 8.78. The topological polar surface area (TPSA) is 71.4 Å². The first-order valence-electron chi connectivity index (χ1n) is 5.56. The fourth-order valence-corrected chi connectivity index (χ4v) is 2.89. The third-order valence-electron chi connectivity index (χ3n) is 2.74. The summed E-state index contributed by atoms with van der Waals surface area (Å²) < 4.78 is 24.6. The first-order chi connectivity index (χ1) is 8.91. The zero-order valence-corrected chi connectivity index (χ0v) is 11.0. The molecule has 0 bridgehead atoms. The van der Waals surface area contributed by atoms with E-state index in [0.717, 1.165) is 5.56 Å². The van der Waals surface area contributed by atoms with E-state index in [1.54, 1.807) is 12.1 Å². The lowest BCUT2D eigenvalue weighted by molar-refractivity contribution is 0.0697. The molecule has 1 N–H and O–H groups in total. The lowest BCUT2D eigenvalue weighted by atomic mass is 10.2. The molecular weight excluding hydrogens is 264 g/mol. The number of carboxylic acid groups (broad SMARTS) is 1. The van der Waals surface area contributed by atoms with Gasteiger partial charge >= 0.3 is 5.97 Å². The van der Waals surface area contributed by atoms with Gasteiger partial charge in [0.2, 0.25) is 9.84 Å². The summed E-state index contributed by atoms with van der Waals surface area (Å²) in [5.41, 5.74) is 1.03. The number of aromatic carboxylic acids is 1. The minimum atomic E-state index is -3.59. The minimum Gasteiger partial charge on any atom is -0.478 e. The van der Waals surface area contributed by atoms with Crippen LogP contribution in [0.5, 0.6) is 0 Å². The van der Waals surface area contributed by atoms with Gasteiger partial charge in [-0.1, -0.05) is 17.7 Å². The molecule has 2 rings (SSSR count). The molecule has 0 aliphatic rings. The van der Waals surface area contributed by atoms with Gasteiger partial charge in [-0.25, -0.2) is 13.2 Å². The molecule has 0 aromatic heterocycles. The van der Waals surface area contributed by atoms with Crippen molar-refractivity contribution in [2.45, 2.75) is 16.7 Å². The zero-order valence-electron chi connectivity index (χ0n) is 10.2. The van der Waals surface area contributed by atoms with Crippen molar-refractivity contribution in [2.24, 2.45) is 0 Å². The quantitative estimate of drug-likeness (QED) is 0.935. The summed E-state index contributed by atoms with van der Waals surface area (Å²) in [6.45, 7) is 1.87. The van der Waals surface area contributed by atoms with Gasteiger partial charge in [0.05, 0.1) is 15.4 Å². The van der Waals surface area contributed by atoms with Gasteiger partial charge in [0.1, 0.15) is 0 Å². The molecule has 98 valence electrons. The number of hydrogen-bond donors (Lipinski definition) is 1. The van der Waals surface area contributed by atoms with Gasteiger partial charge in [0.15, 0.2) is 0 Å². The highest BCUT2D eigenvalue weighted by Gasteiger charge is 2.17. The monoisotopic (exact) mass is 276 g/mol. The van der Waals surface area contributed by atoms with E-state index < -0.39 is 15.8 Å². The lowest BCUT2D eigenvalue weighted by Crippen LogP contribution is -2.03. The average molecular weight is 276 g/mol. The molecule has 0 radical (unpaired) electrons. The second kappa shape index (κ2) is 4.85. The predicted molar refractivity (Wildman–Crippen MR) is 70.0 cm³/mol. The number of sulfone groups is 1. The predicted octanol–water partition coefficient (Wildman–Crippen LogP) is 2.53. The maximum absolute atomic E-state index is 12.3. The lowest BCUT2D eigenvalue weighted by Gasteiger charge is -2.05. The SMILES string of the molecule is Cc1ccc(S(=O)(=O)c2ccc(C(=O)O)cc2)cc1. The van der Waals surface area contributed by atoms with Gasteiger partial charge in [-0.15, -0.1) is 0 Å². The molecule has 0 amide bonds. The molecule has 0 spiro atoms. The summed E-state index contributed by atoms with van der Waals surface area (Å²) in [5.74, 6) is -1.08. The molecule has 2 aromatic carbocycles. The van der Waals surface area contributed by atoms with Crippen molar-refractivity contribution < 1.29 is 18.3 Å². The zero-order chi connectivity index (χ0) is 14.0. The Morgan fingerprint density at radius 1 is 0.895 bits per heavy atom. The van der Waals surface area contributed by atoms with E-state index in [1.807, 2.05) is 6.92 Å². The van der Waals surface area contributed by atoms with Gasteiger partial charge in [-0.2, -0.15) is 0 Å². The molecule has 0 saturated heterocycles. The van der Waals surface area contributed by atoms with E-state index in [4.69, 9.17) is 5.11 Å². The van der Waals surface area contributed by atoms with E-state index in [-0.39, 0.29) is 15.4 Å². The number of benzene rings is 2. The highest BCUT2D eigenvalue weighted by Crippen LogP contribution is 2.21. The van der Waals surface area contributed by atoms with E-state index in [1.165, 1.54) is 36.4 Å². The first kappa shape index (κ1) is 13.3. The van der Waals surface area contributed by atoms with Crippen LogP contribution in [0.15, 0.2) is 58.3 Å². The Hall–Kier alpha value is -2.14. The van der Waals surface area contributed by atoms with Crippen LogP contribution in [0.3, 0.4) is 0 Å². The van der Waals surface area contributed by atoms with Crippen LogP contribution in [0.25, 0.3) is 0 Å². The summed E-state index contributed by atoms with van der Waals surface area (Å²) >= 11 is 0. The van der Waals surface area contributed by atoms with Crippen LogP contribution in [-0.2, 0) is 9.84 Å². The van der Waals surface area contributed by atoms with Gasteiger partial charge in [-0.05, 0) is 43.3 Å². The third kappa shape index (κ3) is 2.66. The summed E-state index contributed by atoms with van der Waals surface area (Å²) in [6, 6.07) is 11.7. The van der Waals surface area contributed by atoms with Crippen LogP contribution in [0.2, 0.25) is 0 Å². The largest absolute Gasteiger partial charge is 0.478 e. The van der Waals surface area contributed by atoms with Crippen molar-refractivity contribution in [3.05, 3.63) is 59.7 Å². The molecule has 0 unspecified atom stereocenters. The second-order valence-corrected chi connectivity index (χ2v) is 6.10. The van der Waals surface area contributed by atoms with Crippen LogP contribution in [0.1, 0.15) is 15.9 Å². The van der Waals surface area contributed by atoms with Crippen molar-refractivity contribution in [1.29, 1.82) is 0 Å². The van der Waals surface area contributed by atoms with Gasteiger partial charge in [-0.3, -0.25) is 0 Å². The van der Waals surface area contributed by atoms with E-state index in [9.17, 15) is 13.2 Å². The first-order valence-corrected chi connectivity index (χ1v) is 7.05. The Morgan fingerprint density at radius 2 is 1.32 bits per heavy atom. The van der Waals surface area contributed by atoms with Crippen molar-refractivity contribution >= 4 is 15.8 Å². The Morgan fingerprint density at radius 3 is 1.74 bits per heavy atom. The van der Waals surface area contributed by atoms with Crippen molar-refractivity contribution in [3.8, 4) is 0 Å². The highest BCUT2D eigenvalue weighted by molar-refractivity contribution is 7.91. The Labute approximate surface area is 111 Å². The molecule has 0 saturated carbocycles. The van der Waals surface area contributed by atoms with Crippen LogP contribution in [0, 0.1) is 6.92 Å². The Balaban J connectivity index is 2.44. The van der Waals surface area contributed by atoms with Crippen molar-refractivity contribution in [2.75, 3.05) is 0 Å². The second-order valence-electron chi connectivity index (χ2n) is 4.15. The van der Waals surface area contributed by atoms with Crippen molar-refractivity contribution in [3.63, 3.8) is 0 Å². The van der Waals surface area contributed by atoms with Crippen LogP contribution in [-0.4, -0.2) is 19.5 Å². The fourth-order valence-electron chi connectivity index (χ4n) is 1.63. The van der Waals surface area contributed by atoms with Gasteiger partial charge < -0.3 is 5.11 Å². The molecule has 0 fully saturated rings. The molecule has 5 heteroatoms. The Bertz CT molecular complexity index is 698. The smallest absolute Gasteiger partial charge is 0.335 e. The maximum atomic E-state index is 12.3. The number of carbonyl (C=O) groups is 1. The number of rotatable bonds is 3. The molecular formula is C14H12O4S. The van der Waals surface area contributed by atoms with Gasteiger partial charge in [0, 0.05) is 0 Å². The molecule has 2 aromatic rings. The average Bonchev–Trinajstić information content (AvgIpc) is 2.39. The number of carboxylic acids is 1. The maximum Gasteiger partial charge on any atom is 0.335 e. The van der Waals surface area contributed by atoms with E-state index in [2.05, 4.69) is 0 Å². The fraction of sp³-hybridized carbons (Fsp3) is 0.0714. The van der Waals surface area contributed by atoms with Crippen molar-refractivity contribution in [1.82, 2.24) is 0 Å². The molecule has 0 aliphatic carbocycles. The molecule has 4 nitrogen and oxygen atoms in total. The molecule has 0 atom stereocenters. The number of aryl methyl sites for hydroxylation is 1.